The standard InChI is InChI=1S/C16H17F5O7Si/c1-4-8(22)26-29(27-9(23)5-2,28-10(24)6-3)7-25-16-14(20)12(18)11(17)13(19)15(16)21/h4-7H2,1-3H3. The number of rotatable bonds is 9. The predicted octanol–water partition coefficient (Wildman–Crippen LogP) is 3.10. The van der Waals surface area contributed by atoms with Crippen LogP contribution in [0.3, 0.4) is 0 Å². The van der Waals surface area contributed by atoms with Crippen molar-refractivity contribution in [2.45, 2.75) is 40.0 Å². The van der Waals surface area contributed by atoms with Gasteiger partial charge in [-0.3, -0.25) is 14.4 Å². The van der Waals surface area contributed by atoms with E-state index in [1.54, 1.807) is 0 Å². The molecule has 0 radical (unpaired) electrons. The van der Waals surface area contributed by atoms with Crippen molar-refractivity contribution in [3.8, 4) is 5.75 Å². The average molecular weight is 444 g/mol. The van der Waals surface area contributed by atoms with Crippen LogP contribution in [0, 0.1) is 29.1 Å². The highest BCUT2D eigenvalue weighted by Gasteiger charge is 2.55. The van der Waals surface area contributed by atoms with E-state index in [1.165, 1.54) is 20.8 Å². The van der Waals surface area contributed by atoms with Gasteiger partial charge in [0.1, 0.15) is 0 Å². The van der Waals surface area contributed by atoms with Crippen molar-refractivity contribution < 1.29 is 54.4 Å². The van der Waals surface area contributed by atoms with Gasteiger partial charge in [-0.1, -0.05) is 20.8 Å². The molecule has 0 unspecified atom stereocenters. The maximum atomic E-state index is 13.8. The Morgan fingerprint density at radius 3 is 1.28 bits per heavy atom. The normalized spacial score (nSPS) is 11.0. The maximum absolute atomic E-state index is 13.8. The largest absolute Gasteiger partial charge is 0.745 e. The van der Waals surface area contributed by atoms with E-state index in [-0.39, 0.29) is 19.3 Å². The van der Waals surface area contributed by atoms with Gasteiger partial charge in [0.15, 0.2) is 12.0 Å². The number of benzene rings is 1. The van der Waals surface area contributed by atoms with Gasteiger partial charge in [0.25, 0.3) is 17.9 Å². The van der Waals surface area contributed by atoms with Gasteiger partial charge in [0.2, 0.25) is 29.1 Å². The first-order chi connectivity index (χ1) is 13.5. The third-order valence-corrected chi connectivity index (χ3v) is 5.35. The summed E-state index contributed by atoms with van der Waals surface area (Å²) in [6.45, 7) is 4.03. The van der Waals surface area contributed by atoms with E-state index in [1.807, 2.05) is 0 Å². The first kappa shape index (κ1) is 24.3. The summed E-state index contributed by atoms with van der Waals surface area (Å²) < 4.78 is 86.7. The Labute approximate surface area is 163 Å². The fourth-order valence-electron chi connectivity index (χ4n) is 1.76. The van der Waals surface area contributed by atoms with E-state index >= 15 is 0 Å². The van der Waals surface area contributed by atoms with Crippen LogP contribution in [-0.2, 0) is 27.7 Å². The molecule has 29 heavy (non-hydrogen) atoms. The molecule has 0 aromatic heterocycles. The van der Waals surface area contributed by atoms with Crippen LogP contribution < -0.4 is 4.74 Å². The Hall–Kier alpha value is -2.70. The molecule has 1 aromatic rings. The van der Waals surface area contributed by atoms with Crippen molar-refractivity contribution in [1.29, 1.82) is 0 Å². The van der Waals surface area contributed by atoms with Crippen LogP contribution in [0.25, 0.3) is 0 Å². The van der Waals surface area contributed by atoms with E-state index in [0.29, 0.717) is 0 Å². The van der Waals surface area contributed by atoms with E-state index in [0.717, 1.165) is 0 Å². The maximum Gasteiger partial charge on any atom is 0.745 e. The molecule has 0 aliphatic rings. The van der Waals surface area contributed by atoms with Crippen LogP contribution in [0.4, 0.5) is 22.0 Å². The van der Waals surface area contributed by atoms with Gasteiger partial charge in [0, 0.05) is 19.3 Å². The Morgan fingerprint density at radius 2 is 0.966 bits per heavy atom. The van der Waals surface area contributed by atoms with Crippen molar-refractivity contribution in [2.24, 2.45) is 0 Å². The average Bonchev–Trinajstić information content (AvgIpc) is 2.70. The van der Waals surface area contributed by atoms with E-state index in [2.05, 4.69) is 4.74 Å². The number of carbonyl (C=O) groups is 3. The molecular formula is C16H17F5O7Si. The fourth-order valence-corrected chi connectivity index (χ4v) is 3.86. The number of hydrogen-bond acceptors (Lipinski definition) is 7. The molecular weight excluding hydrogens is 427 g/mol. The summed E-state index contributed by atoms with van der Waals surface area (Å²) in [5.41, 5.74) is 0. The lowest BCUT2D eigenvalue weighted by Crippen LogP contribution is -2.55. The number of hydrogen-bond donors (Lipinski definition) is 0. The molecule has 13 heteroatoms. The molecule has 0 atom stereocenters. The van der Waals surface area contributed by atoms with Gasteiger partial charge in [-0.05, 0) is 0 Å². The zero-order valence-corrected chi connectivity index (χ0v) is 16.6. The van der Waals surface area contributed by atoms with E-state index < -0.39 is 67.8 Å². The lowest BCUT2D eigenvalue weighted by atomic mass is 10.3. The molecule has 0 spiro atoms. The number of halogens is 5. The Morgan fingerprint density at radius 1 is 0.655 bits per heavy atom. The molecule has 0 aliphatic heterocycles. The molecule has 1 aromatic carbocycles. The number of carbonyl (C=O) groups excluding carboxylic acids is 3. The molecule has 0 bridgehead atoms. The van der Waals surface area contributed by atoms with Crippen LogP contribution in [0.5, 0.6) is 5.75 Å². The second-order valence-corrected chi connectivity index (χ2v) is 7.62. The monoisotopic (exact) mass is 444 g/mol. The van der Waals surface area contributed by atoms with Gasteiger partial charge in [-0.2, -0.15) is 8.78 Å². The summed E-state index contributed by atoms with van der Waals surface area (Å²) >= 11 is 0. The second kappa shape index (κ2) is 10.2. The highest BCUT2D eigenvalue weighted by Crippen LogP contribution is 2.30. The summed E-state index contributed by atoms with van der Waals surface area (Å²) in [4.78, 5) is 35.2. The molecule has 0 aliphatic carbocycles. The van der Waals surface area contributed by atoms with Gasteiger partial charge >= 0.3 is 8.80 Å². The number of ether oxygens (including phenoxy) is 1. The van der Waals surface area contributed by atoms with Crippen molar-refractivity contribution >= 4 is 26.7 Å². The van der Waals surface area contributed by atoms with Crippen LogP contribution in [-0.4, -0.2) is 32.9 Å². The SMILES string of the molecule is CCC(=O)O[Si](COc1c(F)c(F)c(F)c(F)c1F)(OC(=O)CC)OC(=O)CC. The van der Waals surface area contributed by atoms with E-state index in [9.17, 15) is 36.3 Å². The fraction of sp³-hybridized carbons (Fsp3) is 0.438. The summed E-state index contributed by atoms with van der Waals surface area (Å²) in [7, 11) is -4.77. The third kappa shape index (κ3) is 5.89. The Bertz CT molecular complexity index is 728. The molecule has 0 saturated heterocycles. The smallest absolute Gasteiger partial charge is 0.479 e. The second-order valence-electron chi connectivity index (χ2n) is 5.35. The zero-order valence-electron chi connectivity index (χ0n) is 15.6. The van der Waals surface area contributed by atoms with Crippen LogP contribution in [0.1, 0.15) is 40.0 Å². The first-order valence-electron chi connectivity index (χ1n) is 8.31. The van der Waals surface area contributed by atoms with Crippen molar-refractivity contribution in [3.63, 3.8) is 0 Å². The van der Waals surface area contributed by atoms with Gasteiger partial charge in [-0.15, -0.1) is 0 Å². The van der Waals surface area contributed by atoms with Crippen molar-refractivity contribution in [1.82, 2.24) is 0 Å². The molecule has 1 rings (SSSR count). The van der Waals surface area contributed by atoms with Crippen molar-refractivity contribution in [2.75, 3.05) is 6.23 Å². The van der Waals surface area contributed by atoms with Gasteiger partial charge in [0.05, 0.1) is 0 Å². The first-order valence-corrected chi connectivity index (χ1v) is 10.2. The Balaban J connectivity index is 3.37. The zero-order chi connectivity index (χ0) is 22.4. The van der Waals surface area contributed by atoms with Crippen LogP contribution in [0.15, 0.2) is 0 Å². The molecule has 0 heterocycles. The molecule has 0 fully saturated rings. The lowest BCUT2D eigenvalue weighted by Gasteiger charge is -2.27. The summed E-state index contributed by atoms with van der Waals surface area (Å²) in [6.07, 6.45) is -2.09. The van der Waals surface area contributed by atoms with Crippen LogP contribution >= 0.6 is 0 Å². The van der Waals surface area contributed by atoms with E-state index in [4.69, 9.17) is 13.3 Å². The summed E-state index contributed by atoms with van der Waals surface area (Å²) in [5, 5.41) is 0. The van der Waals surface area contributed by atoms with Gasteiger partial charge in [-0.25, -0.2) is 13.2 Å². The quantitative estimate of drug-likeness (QED) is 0.250. The Kier molecular flexibility index (Phi) is 8.54. The van der Waals surface area contributed by atoms with Crippen molar-refractivity contribution in [3.05, 3.63) is 29.1 Å². The minimum Gasteiger partial charge on any atom is -0.479 e. The molecule has 0 saturated carbocycles. The van der Waals surface area contributed by atoms with Crippen LogP contribution in [0.2, 0.25) is 0 Å². The third-order valence-electron chi connectivity index (χ3n) is 3.24. The minimum atomic E-state index is -4.77. The summed E-state index contributed by atoms with van der Waals surface area (Å²) in [6, 6.07) is 0. The summed E-state index contributed by atoms with van der Waals surface area (Å²) in [5.74, 6) is -16.4. The molecule has 162 valence electrons. The predicted molar refractivity (Wildman–Crippen MR) is 86.6 cm³/mol. The highest BCUT2D eigenvalue weighted by atomic mass is 28.4. The topological polar surface area (TPSA) is 88.1 Å². The molecule has 0 amide bonds. The van der Waals surface area contributed by atoms with Gasteiger partial charge < -0.3 is 18.0 Å². The minimum absolute atomic E-state index is 0.273. The molecule has 0 N–H and O–H groups in total. The molecule has 7 nitrogen and oxygen atoms in total. The highest BCUT2D eigenvalue weighted by molar-refractivity contribution is 6.65. The lowest BCUT2D eigenvalue weighted by molar-refractivity contribution is -0.151.